The fourth-order valence-electron chi connectivity index (χ4n) is 0.944. The monoisotopic (exact) mass is 210 g/mol. The van der Waals surface area contributed by atoms with Crippen molar-refractivity contribution in [3.63, 3.8) is 0 Å². The van der Waals surface area contributed by atoms with Gasteiger partial charge in [-0.05, 0) is 18.2 Å². The molecule has 1 unspecified atom stereocenters. The van der Waals surface area contributed by atoms with Gasteiger partial charge in [-0.15, -0.1) is 12.3 Å². The van der Waals surface area contributed by atoms with Gasteiger partial charge in [-0.2, -0.15) is 0 Å². The summed E-state index contributed by atoms with van der Waals surface area (Å²) in [6.45, 7) is 0.185. The highest BCUT2D eigenvalue weighted by molar-refractivity contribution is 6.30. The number of ether oxygens (including phenoxy) is 1. The molecule has 1 atom stereocenters. The molecule has 2 nitrogen and oxygen atoms in total. The molecule has 0 aliphatic carbocycles. The molecule has 1 aromatic carbocycles. The van der Waals surface area contributed by atoms with Crippen LogP contribution < -0.4 is 4.74 Å². The summed E-state index contributed by atoms with van der Waals surface area (Å²) in [5.74, 6) is 2.99. The van der Waals surface area contributed by atoms with Crippen LogP contribution in [-0.4, -0.2) is 17.8 Å². The van der Waals surface area contributed by atoms with Gasteiger partial charge in [0.15, 0.2) is 0 Å². The largest absolute Gasteiger partial charge is 0.491 e. The maximum atomic E-state index is 9.28. The van der Waals surface area contributed by atoms with E-state index in [-0.39, 0.29) is 6.61 Å². The number of rotatable bonds is 4. The number of hydrogen-bond donors (Lipinski definition) is 1. The van der Waals surface area contributed by atoms with E-state index in [1.807, 2.05) is 0 Å². The second-order valence-electron chi connectivity index (χ2n) is 2.83. The minimum atomic E-state index is -0.626. The van der Waals surface area contributed by atoms with Gasteiger partial charge in [0, 0.05) is 11.4 Å². The van der Waals surface area contributed by atoms with E-state index in [0.29, 0.717) is 17.2 Å². The van der Waals surface area contributed by atoms with E-state index in [2.05, 4.69) is 5.92 Å². The molecule has 0 spiro atoms. The molecule has 3 heteroatoms. The Bertz CT molecular complexity index is 330. The molecule has 1 rings (SSSR count). The summed E-state index contributed by atoms with van der Waals surface area (Å²) in [5, 5.41) is 9.88. The molecule has 0 amide bonds. The minimum absolute atomic E-state index is 0.185. The van der Waals surface area contributed by atoms with Gasteiger partial charge in [0.2, 0.25) is 0 Å². The molecule has 0 fully saturated rings. The lowest BCUT2D eigenvalue weighted by Gasteiger charge is -2.09. The van der Waals surface area contributed by atoms with Gasteiger partial charge in [0.05, 0.1) is 6.10 Å². The van der Waals surface area contributed by atoms with Gasteiger partial charge in [-0.3, -0.25) is 0 Å². The van der Waals surface area contributed by atoms with Crippen LogP contribution in [0.1, 0.15) is 6.42 Å². The first-order valence-corrected chi connectivity index (χ1v) is 4.60. The van der Waals surface area contributed by atoms with E-state index >= 15 is 0 Å². The van der Waals surface area contributed by atoms with E-state index in [1.54, 1.807) is 24.3 Å². The Morgan fingerprint density at radius 1 is 1.57 bits per heavy atom. The van der Waals surface area contributed by atoms with Crippen molar-refractivity contribution in [1.82, 2.24) is 0 Å². The number of benzene rings is 1. The Balaban J connectivity index is 2.42. The second-order valence-corrected chi connectivity index (χ2v) is 3.27. The topological polar surface area (TPSA) is 29.5 Å². The van der Waals surface area contributed by atoms with Crippen LogP contribution in [0.4, 0.5) is 0 Å². The Morgan fingerprint density at radius 2 is 2.36 bits per heavy atom. The van der Waals surface area contributed by atoms with Gasteiger partial charge in [0.25, 0.3) is 0 Å². The first-order chi connectivity index (χ1) is 6.72. The summed E-state index contributed by atoms with van der Waals surface area (Å²) in [4.78, 5) is 0. The van der Waals surface area contributed by atoms with Crippen molar-refractivity contribution in [3.05, 3.63) is 29.3 Å². The molecule has 0 saturated heterocycles. The summed E-state index contributed by atoms with van der Waals surface area (Å²) in [7, 11) is 0. The Labute approximate surface area is 88.5 Å². The third-order valence-corrected chi connectivity index (χ3v) is 1.83. The van der Waals surface area contributed by atoms with Crippen LogP contribution in [0.15, 0.2) is 24.3 Å². The molecule has 0 aromatic heterocycles. The predicted octanol–water partition coefficient (Wildman–Crippen LogP) is 2.10. The third-order valence-electron chi connectivity index (χ3n) is 1.59. The van der Waals surface area contributed by atoms with Gasteiger partial charge in [0.1, 0.15) is 12.4 Å². The minimum Gasteiger partial charge on any atom is -0.491 e. The van der Waals surface area contributed by atoms with Crippen molar-refractivity contribution in [2.75, 3.05) is 6.61 Å². The Hall–Kier alpha value is -1.17. The zero-order valence-electron chi connectivity index (χ0n) is 7.61. The number of aliphatic hydroxyl groups is 1. The molecule has 0 heterocycles. The molecule has 1 aromatic rings. The van der Waals surface area contributed by atoms with Crippen molar-refractivity contribution in [2.24, 2.45) is 0 Å². The van der Waals surface area contributed by atoms with E-state index in [4.69, 9.17) is 22.8 Å². The highest BCUT2D eigenvalue weighted by Gasteiger charge is 2.02. The van der Waals surface area contributed by atoms with Gasteiger partial charge in [-0.1, -0.05) is 17.7 Å². The lowest BCUT2D eigenvalue weighted by Crippen LogP contribution is -2.16. The standard InChI is InChI=1S/C11H11ClO2/c1-2-4-10(13)8-14-11-6-3-5-9(12)7-11/h1,3,5-7,10,13H,4,8H2. The molecular weight excluding hydrogens is 200 g/mol. The zero-order chi connectivity index (χ0) is 10.4. The van der Waals surface area contributed by atoms with E-state index < -0.39 is 6.10 Å². The molecule has 0 bridgehead atoms. The van der Waals surface area contributed by atoms with E-state index in [0.717, 1.165) is 0 Å². The van der Waals surface area contributed by atoms with E-state index in [1.165, 1.54) is 0 Å². The van der Waals surface area contributed by atoms with Gasteiger partial charge >= 0.3 is 0 Å². The Morgan fingerprint density at radius 3 is 3.00 bits per heavy atom. The highest BCUT2D eigenvalue weighted by atomic mass is 35.5. The molecular formula is C11H11ClO2. The summed E-state index contributed by atoms with van der Waals surface area (Å²) >= 11 is 5.75. The summed E-state index contributed by atoms with van der Waals surface area (Å²) in [6, 6.07) is 7.00. The molecule has 0 aliphatic heterocycles. The average Bonchev–Trinajstić information content (AvgIpc) is 2.15. The van der Waals surface area contributed by atoms with Crippen LogP contribution >= 0.6 is 11.6 Å². The quantitative estimate of drug-likeness (QED) is 0.772. The summed E-state index contributed by atoms with van der Waals surface area (Å²) in [5.41, 5.74) is 0. The van der Waals surface area contributed by atoms with Crippen molar-refractivity contribution < 1.29 is 9.84 Å². The summed E-state index contributed by atoms with van der Waals surface area (Å²) < 4.78 is 5.27. The van der Waals surface area contributed by atoms with Crippen LogP contribution in [0.5, 0.6) is 5.75 Å². The van der Waals surface area contributed by atoms with Crippen LogP contribution in [-0.2, 0) is 0 Å². The maximum Gasteiger partial charge on any atom is 0.120 e. The fourth-order valence-corrected chi connectivity index (χ4v) is 1.12. The normalized spacial score (nSPS) is 11.8. The number of hydrogen-bond acceptors (Lipinski definition) is 2. The van der Waals surface area contributed by atoms with Crippen LogP contribution in [0.25, 0.3) is 0 Å². The van der Waals surface area contributed by atoms with Gasteiger partial charge in [-0.25, -0.2) is 0 Å². The second kappa shape index (κ2) is 5.54. The van der Waals surface area contributed by atoms with Crippen LogP contribution in [0.3, 0.4) is 0 Å². The van der Waals surface area contributed by atoms with E-state index in [9.17, 15) is 5.11 Å². The molecule has 1 N–H and O–H groups in total. The SMILES string of the molecule is C#CCC(O)COc1cccc(Cl)c1. The van der Waals surface area contributed by atoms with Crippen LogP contribution in [0.2, 0.25) is 5.02 Å². The number of halogens is 1. The fraction of sp³-hybridized carbons (Fsp3) is 0.273. The lowest BCUT2D eigenvalue weighted by molar-refractivity contribution is 0.111. The first-order valence-electron chi connectivity index (χ1n) is 4.22. The van der Waals surface area contributed by atoms with Crippen molar-refractivity contribution in [3.8, 4) is 18.1 Å². The predicted molar refractivity (Wildman–Crippen MR) is 56.4 cm³/mol. The Kier molecular flexibility index (Phi) is 4.31. The molecule has 74 valence electrons. The van der Waals surface area contributed by atoms with Crippen molar-refractivity contribution in [2.45, 2.75) is 12.5 Å². The third kappa shape index (κ3) is 3.69. The van der Waals surface area contributed by atoms with Crippen molar-refractivity contribution >= 4 is 11.6 Å². The number of terminal acetylenes is 1. The molecule has 0 aliphatic rings. The maximum absolute atomic E-state index is 9.28. The lowest BCUT2D eigenvalue weighted by atomic mass is 10.3. The van der Waals surface area contributed by atoms with Crippen molar-refractivity contribution in [1.29, 1.82) is 0 Å². The summed E-state index contributed by atoms with van der Waals surface area (Å²) in [6.07, 6.45) is 4.70. The van der Waals surface area contributed by atoms with Crippen LogP contribution in [0, 0.1) is 12.3 Å². The average molecular weight is 211 g/mol. The highest BCUT2D eigenvalue weighted by Crippen LogP contribution is 2.17. The molecule has 0 radical (unpaired) electrons. The molecule has 0 saturated carbocycles. The smallest absolute Gasteiger partial charge is 0.120 e. The molecule has 14 heavy (non-hydrogen) atoms. The first kappa shape index (κ1) is 10.9. The zero-order valence-corrected chi connectivity index (χ0v) is 8.37. The number of aliphatic hydroxyl groups excluding tert-OH is 1. The van der Waals surface area contributed by atoms with Gasteiger partial charge < -0.3 is 9.84 Å².